The first-order valence-electron chi connectivity index (χ1n) is 9.90. The van der Waals surface area contributed by atoms with E-state index >= 15 is 0 Å². The molecule has 3 amide bonds. The van der Waals surface area contributed by atoms with Gasteiger partial charge >= 0.3 is 12.1 Å². The number of hydrogen-bond acceptors (Lipinski definition) is 5. The zero-order chi connectivity index (χ0) is 22.8. The second-order valence-corrected chi connectivity index (χ2v) is 8.45. The van der Waals surface area contributed by atoms with E-state index in [0.29, 0.717) is 17.8 Å². The van der Waals surface area contributed by atoms with Gasteiger partial charge < -0.3 is 15.7 Å². The largest absolute Gasteiger partial charge is 0.465 e. The topological polar surface area (TPSA) is 134 Å². The number of carbonyl (C=O) groups excluding carboxylic acids is 1. The minimum absolute atomic E-state index is 0.0128. The predicted molar refractivity (Wildman–Crippen MR) is 118 cm³/mol. The van der Waals surface area contributed by atoms with E-state index in [1.807, 2.05) is 53.1 Å². The molecular formula is C21H27N7O3. The Kier molecular flexibility index (Phi) is 6.09. The van der Waals surface area contributed by atoms with Gasteiger partial charge in [0.25, 0.3) is 0 Å². The zero-order valence-corrected chi connectivity index (χ0v) is 18.2. The van der Waals surface area contributed by atoms with Gasteiger partial charge in [-0.3, -0.25) is 10.00 Å². The number of nitrogens with zero attached hydrogens (tertiary/aromatic N) is 4. The summed E-state index contributed by atoms with van der Waals surface area (Å²) < 4.78 is 1.71. The molecule has 0 spiro atoms. The number of urea groups is 1. The van der Waals surface area contributed by atoms with Crippen LogP contribution in [0.5, 0.6) is 0 Å². The summed E-state index contributed by atoms with van der Waals surface area (Å²) in [6.07, 6.45) is 2.97. The lowest BCUT2D eigenvalue weighted by Crippen LogP contribution is -2.44. The highest BCUT2D eigenvalue weighted by Gasteiger charge is 2.23. The number of amides is 3. The molecule has 0 saturated heterocycles. The van der Waals surface area contributed by atoms with Crippen molar-refractivity contribution in [3.8, 4) is 11.1 Å². The molecular weight excluding hydrogens is 398 g/mol. The standard InChI is InChI=1S/C21H27N7O3/c1-12(2)23-19(29)24-17-8-14-6-13(16-10-22-28(5)11-16)7-15(18(14)27-26-17)9-21(3,4)25-20(30)31/h6-8,10-12,25H,9H2,1-5H3,(H,30,31)(H2,23,24,26,29). The third kappa shape index (κ3) is 5.68. The van der Waals surface area contributed by atoms with E-state index in [0.717, 1.165) is 22.1 Å². The average Bonchev–Trinajstić information content (AvgIpc) is 3.05. The minimum Gasteiger partial charge on any atom is -0.465 e. The first-order chi connectivity index (χ1) is 14.5. The van der Waals surface area contributed by atoms with Gasteiger partial charge in [-0.15, -0.1) is 10.2 Å². The lowest BCUT2D eigenvalue weighted by atomic mass is 9.91. The van der Waals surface area contributed by atoms with Crippen molar-refractivity contribution in [3.05, 3.63) is 36.2 Å². The normalized spacial score (nSPS) is 11.5. The van der Waals surface area contributed by atoms with E-state index in [1.54, 1.807) is 16.9 Å². The number of aromatic nitrogens is 4. The maximum absolute atomic E-state index is 12.0. The smallest absolute Gasteiger partial charge is 0.405 e. The highest BCUT2D eigenvalue weighted by atomic mass is 16.4. The van der Waals surface area contributed by atoms with Gasteiger partial charge in [0.15, 0.2) is 5.82 Å². The quantitative estimate of drug-likeness (QED) is 0.479. The van der Waals surface area contributed by atoms with Crippen molar-refractivity contribution in [3.63, 3.8) is 0 Å². The Labute approximate surface area is 180 Å². The maximum atomic E-state index is 12.0. The van der Waals surface area contributed by atoms with Gasteiger partial charge in [-0.25, -0.2) is 9.59 Å². The molecule has 0 unspecified atom stereocenters. The number of anilines is 1. The number of carbonyl (C=O) groups is 2. The summed E-state index contributed by atoms with van der Waals surface area (Å²) in [7, 11) is 1.84. The Balaban J connectivity index is 2.05. The van der Waals surface area contributed by atoms with E-state index < -0.39 is 11.6 Å². The number of benzene rings is 1. The first kappa shape index (κ1) is 22.0. The molecule has 10 heteroatoms. The molecule has 31 heavy (non-hydrogen) atoms. The number of nitrogens with one attached hydrogen (secondary N) is 3. The van der Waals surface area contributed by atoms with Gasteiger partial charge in [0.2, 0.25) is 0 Å². The van der Waals surface area contributed by atoms with Gasteiger partial charge in [0.05, 0.1) is 11.7 Å². The monoisotopic (exact) mass is 425 g/mol. The molecule has 3 aromatic rings. The van der Waals surface area contributed by atoms with Crippen LogP contribution in [0, 0.1) is 0 Å². The van der Waals surface area contributed by atoms with Gasteiger partial charge in [-0.2, -0.15) is 5.10 Å². The lowest BCUT2D eigenvalue weighted by Gasteiger charge is -2.25. The second-order valence-electron chi connectivity index (χ2n) is 8.45. The molecule has 0 atom stereocenters. The van der Waals surface area contributed by atoms with E-state index in [9.17, 15) is 9.59 Å². The van der Waals surface area contributed by atoms with Crippen LogP contribution in [0.1, 0.15) is 33.3 Å². The second kappa shape index (κ2) is 8.58. The predicted octanol–water partition coefficient (Wildman–Crippen LogP) is 3.15. The van der Waals surface area contributed by atoms with Crippen LogP contribution in [0.15, 0.2) is 30.6 Å². The van der Waals surface area contributed by atoms with Gasteiger partial charge in [0.1, 0.15) is 0 Å². The van der Waals surface area contributed by atoms with Crippen LogP contribution in [0.4, 0.5) is 15.4 Å². The van der Waals surface area contributed by atoms with Crippen molar-refractivity contribution in [1.82, 2.24) is 30.6 Å². The molecule has 10 nitrogen and oxygen atoms in total. The summed E-state index contributed by atoms with van der Waals surface area (Å²) >= 11 is 0. The fraction of sp³-hybridized carbons (Fsp3) is 0.381. The molecule has 3 rings (SSSR count). The summed E-state index contributed by atoms with van der Waals surface area (Å²) in [6.45, 7) is 7.35. The Bertz CT molecular complexity index is 1120. The van der Waals surface area contributed by atoms with Crippen molar-refractivity contribution in [1.29, 1.82) is 0 Å². The molecule has 0 fully saturated rings. The Hall–Kier alpha value is -3.69. The lowest BCUT2D eigenvalue weighted by molar-refractivity contribution is 0.182. The van der Waals surface area contributed by atoms with Crippen molar-refractivity contribution in [2.75, 3.05) is 5.32 Å². The molecule has 164 valence electrons. The molecule has 0 saturated carbocycles. The molecule has 0 radical (unpaired) electrons. The maximum Gasteiger partial charge on any atom is 0.405 e. The highest BCUT2D eigenvalue weighted by molar-refractivity contribution is 5.93. The molecule has 0 aliphatic rings. The van der Waals surface area contributed by atoms with E-state index in [4.69, 9.17) is 5.11 Å². The number of carboxylic acid groups (broad SMARTS) is 1. The van der Waals surface area contributed by atoms with Crippen molar-refractivity contribution in [2.45, 2.75) is 45.7 Å². The van der Waals surface area contributed by atoms with Crippen molar-refractivity contribution >= 4 is 28.8 Å². The summed E-state index contributed by atoms with van der Waals surface area (Å²) in [4.78, 5) is 23.2. The molecule has 1 aromatic carbocycles. The summed E-state index contributed by atoms with van der Waals surface area (Å²) in [6, 6.07) is 5.30. The minimum atomic E-state index is -1.09. The van der Waals surface area contributed by atoms with Gasteiger partial charge in [0, 0.05) is 35.8 Å². The van der Waals surface area contributed by atoms with Crippen LogP contribution in [-0.2, 0) is 13.5 Å². The van der Waals surface area contributed by atoms with Gasteiger partial charge in [-0.05, 0) is 63.4 Å². The number of hydrogen-bond donors (Lipinski definition) is 4. The summed E-state index contributed by atoms with van der Waals surface area (Å²) in [5.74, 6) is 0.322. The van der Waals surface area contributed by atoms with Gasteiger partial charge in [-0.1, -0.05) is 0 Å². The number of aryl methyl sites for hydroxylation is 1. The first-order valence-corrected chi connectivity index (χ1v) is 9.90. The third-order valence-corrected chi connectivity index (χ3v) is 4.55. The van der Waals surface area contributed by atoms with E-state index in [1.165, 1.54) is 0 Å². The molecule has 0 aliphatic heterocycles. The number of rotatable bonds is 6. The molecule has 2 heterocycles. The van der Waals surface area contributed by atoms with E-state index in [2.05, 4.69) is 31.2 Å². The third-order valence-electron chi connectivity index (χ3n) is 4.55. The van der Waals surface area contributed by atoms with E-state index in [-0.39, 0.29) is 12.1 Å². The Morgan fingerprint density at radius 3 is 2.52 bits per heavy atom. The molecule has 0 aliphatic carbocycles. The van der Waals surface area contributed by atoms with Crippen LogP contribution in [-0.4, -0.2) is 48.8 Å². The summed E-state index contributed by atoms with van der Waals surface area (Å²) in [5, 5.41) is 30.6. The Morgan fingerprint density at radius 1 is 1.16 bits per heavy atom. The van der Waals surface area contributed by atoms with Crippen LogP contribution < -0.4 is 16.0 Å². The summed E-state index contributed by atoms with van der Waals surface area (Å²) in [5.41, 5.74) is 2.58. The molecule has 2 aromatic heterocycles. The van der Waals surface area contributed by atoms with Crippen LogP contribution in [0.2, 0.25) is 0 Å². The molecule has 4 N–H and O–H groups in total. The van der Waals surface area contributed by atoms with Crippen LogP contribution >= 0.6 is 0 Å². The highest BCUT2D eigenvalue weighted by Crippen LogP contribution is 2.29. The fourth-order valence-corrected chi connectivity index (χ4v) is 3.39. The van der Waals surface area contributed by atoms with Crippen LogP contribution in [0.3, 0.4) is 0 Å². The zero-order valence-electron chi connectivity index (χ0n) is 18.2. The fourth-order valence-electron chi connectivity index (χ4n) is 3.39. The SMILES string of the molecule is CC(C)NC(=O)Nc1cc2cc(-c3cnn(C)c3)cc(CC(C)(C)NC(=O)O)c2nn1. The molecule has 0 bridgehead atoms. The van der Waals surface area contributed by atoms with Crippen LogP contribution in [0.25, 0.3) is 22.0 Å². The average molecular weight is 425 g/mol. The Morgan fingerprint density at radius 2 is 1.90 bits per heavy atom. The van der Waals surface area contributed by atoms with Crippen molar-refractivity contribution < 1.29 is 14.7 Å². The van der Waals surface area contributed by atoms with Crippen molar-refractivity contribution in [2.24, 2.45) is 7.05 Å². The number of fused-ring (bicyclic) bond motifs is 1.